The van der Waals surface area contributed by atoms with Crippen molar-refractivity contribution in [3.05, 3.63) is 28.8 Å². The zero-order chi connectivity index (χ0) is 9.97. The minimum absolute atomic E-state index is 0.150. The Morgan fingerprint density at radius 2 is 2.50 bits per heavy atom. The largest absolute Gasteiger partial charge is 0.342 e. The fourth-order valence-electron chi connectivity index (χ4n) is 1.34. The van der Waals surface area contributed by atoms with E-state index in [1.54, 1.807) is 11.3 Å². The second-order valence-corrected chi connectivity index (χ2v) is 4.22. The summed E-state index contributed by atoms with van der Waals surface area (Å²) in [6, 6.07) is 2.23. The van der Waals surface area contributed by atoms with Crippen molar-refractivity contribution in [1.82, 2.24) is 9.97 Å². The van der Waals surface area contributed by atoms with E-state index in [2.05, 4.69) is 26.8 Å². The minimum atomic E-state index is 0.150. The molecule has 0 amide bonds. The van der Waals surface area contributed by atoms with Crippen LogP contribution in [-0.2, 0) is 6.42 Å². The molecular formula is C10H13N3S. The molecule has 2 rings (SSSR count). The highest BCUT2D eigenvalue weighted by atomic mass is 32.1. The predicted molar refractivity (Wildman–Crippen MR) is 59.3 cm³/mol. The first-order chi connectivity index (χ1) is 6.75. The Balaban J connectivity index is 2.18. The van der Waals surface area contributed by atoms with Gasteiger partial charge < -0.3 is 10.7 Å². The minimum Gasteiger partial charge on any atom is -0.342 e. The van der Waals surface area contributed by atoms with E-state index < -0.39 is 0 Å². The van der Waals surface area contributed by atoms with Crippen LogP contribution in [0.4, 0.5) is 0 Å². The van der Waals surface area contributed by atoms with Crippen LogP contribution in [0.3, 0.4) is 0 Å². The molecule has 0 aliphatic heterocycles. The molecule has 3 N–H and O–H groups in total. The lowest BCUT2D eigenvalue weighted by Gasteiger charge is -1.99. The van der Waals surface area contributed by atoms with Gasteiger partial charge in [-0.15, -0.1) is 0 Å². The number of nitrogens with two attached hydrogens (primary N) is 1. The van der Waals surface area contributed by atoms with Gasteiger partial charge in [0.2, 0.25) is 0 Å². The number of nitrogens with zero attached hydrogens (tertiary/aromatic N) is 1. The van der Waals surface area contributed by atoms with E-state index in [0.29, 0.717) is 0 Å². The van der Waals surface area contributed by atoms with E-state index in [1.165, 1.54) is 5.56 Å². The lowest BCUT2D eigenvalue weighted by Crippen LogP contribution is -2.18. The molecule has 14 heavy (non-hydrogen) atoms. The van der Waals surface area contributed by atoms with Crippen LogP contribution in [0.5, 0.6) is 0 Å². The second-order valence-electron chi connectivity index (χ2n) is 3.44. The molecule has 4 heteroatoms. The number of aromatic amines is 1. The zero-order valence-corrected chi connectivity index (χ0v) is 8.84. The van der Waals surface area contributed by atoms with Crippen molar-refractivity contribution >= 4 is 11.3 Å². The number of aromatic nitrogens is 2. The Morgan fingerprint density at radius 1 is 1.64 bits per heavy atom. The maximum Gasteiger partial charge on any atom is 0.108 e. The predicted octanol–water partition coefficient (Wildman–Crippen LogP) is 2.03. The van der Waals surface area contributed by atoms with Crippen LogP contribution < -0.4 is 5.73 Å². The number of H-pyrrole nitrogens is 1. The molecule has 0 spiro atoms. The topological polar surface area (TPSA) is 54.7 Å². The van der Waals surface area contributed by atoms with E-state index >= 15 is 0 Å². The number of rotatable bonds is 3. The van der Waals surface area contributed by atoms with Crippen molar-refractivity contribution in [3.63, 3.8) is 0 Å². The van der Waals surface area contributed by atoms with Gasteiger partial charge in [0, 0.05) is 23.4 Å². The zero-order valence-electron chi connectivity index (χ0n) is 8.03. The van der Waals surface area contributed by atoms with Crippen LogP contribution in [0.1, 0.15) is 12.7 Å². The summed E-state index contributed by atoms with van der Waals surface area (Å²) in [7, 11) is 0. The van der Waals surface area contributed by atoms with Gasteiger partial charge in [-0.05, 0) is 18.4 Å². The van der Waals surface area contributed by atoms with Crippen molar-refractivity contribution in [2.75, 3.05) is 0 Å². The summed E-state index contributed by atoms with van der Waals surface area (Å²) in [5.41, 5.74) is 7.96. The number of hydrogen-bond donors (Lipinski definition) is 2. The fourth-order valence-corrected chi connectivity index (χ4v) is 1.99. The van der Waals surface area contributed by atoms with Crippen LogP contribution in [-0.4, -0.2) is 16.0 Å². The lowest BCUT2D eigenvalue weighted by atomic mass is 10.2. The summed E-state index contributed by atoms with van der Waals surface area (Å²) < 4.78 is 0. The third-order valence-electron chi connectivity index (χ3n) is 1.98. The quantitative estimate of drug-likeness (QED) is 0.809. The van der Waals surface area contributed by atoms with Gasteiger partial charge in [0.15, 0.2) is 0 Å². The molecule has 2 heterocycles. The summed E-state index contributed by atoms with van der Waals surface area (Å²) in [5.74, 6) is 0.959. The maximum atomic E-state index is 5.69. The Kier molecular flexibility index (Phi) is 2.65. The molecule has 1 unspecified atom stereocenters. The smallest absolute Gasteiger partial charge is 0.108 e. The Morgan fingerprint density at radius 3 is 3.14 bits per heavy atom. The summed E-state index contributed by atoms with van der Waals surface area (Å²) in [5, 5.41) is 4.16. The van der Waals surface area contributed by atoms with Gasteiger partial charge in [-0.25, -0.2) is 4.98 Å². The number of imidazole rings is 1. The third kappa shape index (κ3) is 2.02. The summed E-state index contributed by atoms with van der Waals surface area (Å²) >= 11 is 1.69. The first kappa shape index (κ1) is 9.43. The Labute approximate surface area is 87.0 Å². The number of thiophene rings is 1. The Hall–Kier alpha value is -1.13. The van der Waals surface area contributed by atoms with Crippen LogP contribution >= 0.6 is 11.3 Å². The first-order valence-electron chi connectivity index (χ1n) is 4.58. The molecule has 0 saturated heterocycles. The number of nitrogens with one attached hydrogen (secondary N) is 1. The van der Waals surface area contributed by atoms with Crippen molar-refractivity contribution in [2.45, 2.75) is 19.4 Å². The molecule has 2 aromatic heterocycles. The van der Waals surface area contributed by atoms with Gasteiger partial charge in [-0.3, -0.25) is 0 Å². The fraction of sp³-hybridized carbons (Fsp3) is 0.300. The molecule has 0 saturated carbocycles. The van der Waals surface area contributed by atoms with E-state index in [4.69, 9.17) is 5.73 Å². The highest BCUT2D eigenvalue weighted by molar-refractivity contribution is 7.08. The summed E-state index contributed by atoms with van der Waals surface area (Å²) in [6.45, 7) is 1.98. The number of hydrogen-bond acceptors (Lipinski definition) is 3. The SMILES string of the molecule is CC(N)Cc1ncc(-c2ccsc2)[nH]1. The standard InChI is InChI=1S/C10H13N3S/c1-7(11)4-10-12-5-9(13-10)8-2-3-14-6-8/h2-3,5-7H,4,11H2,1H3,(H,12,13). The third-order valence-corrected chi connectivity index (χ3v) is 2.66. The van der Waals surface area contributed by atoms with Crippen molar-refractivity contribution in [1.29, 1.82) is 0 Å². The van der Waals surface area contributed by atoms with Gasteiger partial charge >= 0.3 is 0 Å². The summed E-state index contributed by atoms with van der Waals surface area (Å²) in [4.78, 5) is 7.54. The molecule has 74 valence electrons. The maximum absolute atomic E-state index is 5.69. The van der Waals surface area contributed by atoms with E-state index in [-0.39, 0.29) is 6.04 Å². The van der Waals surface area contributed by atoms with Crippen molar-refractivity contribution in [2.24, 2.45) is 5.73 Å². The van der Waals surface area contributed by atoms with E-state index in [1.807, 2.05) is 13.1 Å². The molecule has 0 fully saturated rings. The van der Waals surface area contributed by atoms with Gasteiger partial charge in [-0.2, -0.15) is 11.3 Å². The monoisotopic (exact) mass is 207 g/mol. The lowest BCUT2D eigenvalue weighted by molar-refractivity contribution is 0.710. The molecule has 2 aromatic rings. The van der Waals surface area contributed by atoms with Crippen LogP contribution in [0, 0.1) is 0 Å². The highest BCUT2D eigenvalue weighted by Crippen LogP contribution is 2.19. The van der Waals surface area contributed by atoms with Gasteiger partial charge in [-0.1, -0.05) is 0 Å². The average Bonchev–Trinajstić information content (AvgIpc) is 2.69. The molecular weight excluding hydrogens is 194 g/mol. The molecule has 0 radical (unpaired) electrons. The molecule has 0 aromatic carbocycles. The van der Waals surface area contributed by atoms with Crippen molar-refractivity contribution in [3.8, 4) is 11.3 Å². The molecule has 0 aliphatic rings. The van der Waals surface area contributed by atoms with Crippen molar-refractivity contribution < 1.29 is 0 Å². The van der Waals surface area contributed by atoms with Crippen LogP contribution in [0.2, 0.25) is 0 Å². The average molecular weight is 207 g/mol. The molecule has 3 nitrogen and oxygen atoms in total. The summed E-state index contributed by atoms with van der Waals surface area (Å²) in [6.07, 6.45) is 2.66. The highest BCUT2D eigenvalue weighted by Gasteiger charge is 2.04. The molecule has 1 atom stereocenters. The van der Waals surface area contributed by atoms with Gasteiger partial charge in [0.05, 0.1) is 11.9 Å². The van der Waals surface area contributed by atoms with E-state index in [9.17, 15) is 0 Å². The van der Waals surface area contributed by atoms with Crippen LogP contribution in [0.15, 0.2) is 23.0 Å². The second kappa shape index (κ2) is 3.94. The molecule has 0 aliphatic carbocycles. The van der Waals surface area contributed by atoms with Gasteiger partial charge in [0.25, 0.3) is 0 Å². The van der Waals surface area contributed by atoms with E-state index in [0.717, 1.165) is 17.9 Å². The van der Waals surface area contributed by atoms with Crippen LogP contribution in [0.25, 0.3) is 11.3 Å². The van der Waals surface area contributed by atoms with Gasteiger partial charge in [0.1, 0.15) is 5.82 Å². The molecule has 0 bridgehead atoms. The normalized spacial score (nSPS) is 13.0. The Bertz CT molecular complexity index is 389. The first-order valence-corrected chi connectivity index (χ1v) is 5.52.